The van der Waals surface area contributed by atoms with E-state index in [1.807, 2.05) is 12.1 Å². The summed E-state index contributed by atoms with van der Waals surface area (Å²) in [5.74, 6) is -0.212. The van der Waals surface area contributed by atoms with Crippen molar-refractivity contribution in [3.8, 4) is 0 Å². The maximum Gasteiger partial charge on any atom is 0.229 e. The second kappa shape index (κ2) is 6.33. The molecule has 1 aliphatic heterocycles. The van der Waals surface area contributed by atoms with Crippen molar-refractivity contribution in [2.75, 3.05) is 16.8 Å². The molecule has 8 heteroatoms. The molecule has 1 aromatic carbocycles. The molecule has 2 aromatic rings. The van der Waals surface area contributed by atoms with Crippen LogP contribution in [0.15, 0.2) is 36.5 Å². The van der Waals surface area contributed by atoms with Gasteiger partial charge in [-0.1, -0.05) is 23.7 Å². The van der Waals surface area contributed by atoms with Gasteiger partial charge in [-0.15, -0.1) is 0 Å². The van der Waals surface area contributed by atoms with Crippen molar-refractivity contribution in [1.82, 2.24) is 9.78 Å². The molecule has 1 atom stereocenters. The molecule has 122 valence electrons. The standard InChI is InChI=1S/C15H16ClN3O3S/c16-13-3-1-11(2-4-13)9-19-14(5-7-17-19)18-15(20)12-6-8-23(21,22)10-12/h1-5,7,12H,6,8-10H2,(H,18,20)/t12-/m1/s1. The Labute approximate surface area is 139 Å². The van der Waals surface area contributed by atoms with Gasteiger partial charge in [0.2, 0.25) is 5.91 Å². The van der Waals surface area contributed by atoms with Crippen LogP contribution < -0.4 is 5.32 Å². The molecule has 0 unspecified atom stereocenters. The van der Waals surface area contributed by atoms with Crippen LogP contribution >= 0.6 is 11.6 Å². The Kier molecular flexibility index (Phi) is 4.41. The van der Waals surface area contributed by atoms with Gasteiger partial charge in [0.15, 0.2) is 9.84 Å². The summed E-state index contributed by atoms with van der Waals surface area (Å²) < 4.78 is 24.6. The van der Waals surface area contributed by atoms with Gasteiger partial charge in [-0.2, -0.15) is 5.10 Å². The predicted octanol–water partition coefficient (Wildman–Crippen LogP) is 1.96. The largest absolute Gasteiger partial charge is 0.311 e. The van der Waals surface area contributed by atoms with Crippen molar-refractivity contribution >= 4 is 33.2 Å². The van der Waals surface area contributed by atoms with Crippen molar-refractivity contribution in [3.63, 3.8) is 0 Å². The molecule has 3 rings (SSSR count). The van der Waals surface area contributed by atoms with Crippen LogP contribution in [0.3, 0.4) is 0 Å². The fourth-order valence-corrected chi connectivity index (χ4v) is 4.43. The molecule has 0 aliphatic carbocycles. The van der Waals surface area contributed by atoms with E-state index in [1.165, 1.54) is 0 Å². The molecule has 1 fully saturated rings. The Morgan fingerprint density at radius 1 is 1.30 bits per heavy atom. The second-order valence-corrected chi connectivity index (χ2v) is 8.25. The number of carbonyl (C=O) groups excluding carboxylic acids is 1. The number of carbonyl (C=O) groups is 1. The van der Waals surface area contributed by atoms with Crippen LogP contribution in [0, 0.1) is 5.92 Å². The lowest BCUT2D eigenvalue weighted by molar-refractivity contribution is -0.119. The topological polar surface area (TPSA) is 81.1 Å². The first kappa shape index (κ1) is 16.0. The van der Waals surface area contributed by atoms with Crippen LogP contribution in [0.2, 0.25) is 5.02 Å². The normalized spacial score (nSPS) is 19.6. The van der Waals surface area contributed by atoms with Crippen LogP contribution in [0.5, 0.6) is 0 Å². The van der Waals surface area contributed by atoms with Crippen molar-refractivity contribution in [1.29, 1.82) is 0 Å². The van der Waals surface area contributed by atoms with E-state index in [9.17, 15) is 13.2 Å². The molecule has 6 nitrogen and oxygen atoms in total. The SMILES string of the molecule is O=C(Nc1ccnn1Cc1ccc(Cl)cc1)[C@@H]1CCS(=O)(=O)C1. The first-order valence-corrected chi connectivity index (χ1v) is 9.40. The van der Waals surface area contributed by atoms with E-state index in [4.69, 9.17) is 11.6 Å². The molecule has 1 aliphatic rings. The van der Waals surface area contributed by atoms with Gasteiger partial charge in [0.25, 0.3) is 0 Å². The summed E-state index contributed by atoms with van der Waals surface area (Å²) in [7, 11) is -3.08. The number of nitrogens with one attached hydrogen (secondary N) is 1. The maximum absolute atomic E-state index is 12.2. The lowest BCUT2D eigenvalue weighted by Crippen LogP contribution is -2.25. The zero-order valence-electron chi connectivity index (χ0n) is 12.3. The Morgan fingerprint density at radius 3 is 2.70 bits per heavy atom. The third-order valence-electron chi connectivity index (χ3n) is 3.82. The Bertz CT molecular complexity index is 815. The van der Waals surface area contributed by atoms with E-state index < -0.39 is 15.8 Å². The Morgan fingerprint density at radius 2 is 2.04 bits per heavy atom. The summed E-state index contributed by atoms with van der Waals surface area (Å²) in [5.41, 5.74) is 0.997. The highest BCUT2D eigenvalue weighted by Crippen LogP contribution is 2.21. The van der Waals surface area contributed by atoms with E-state index >= 15 is 0 Å². The summed E-state index contributed by atoms with van der Waals surface area (Å²) >= 11 is 5.86. The molecular formula is C15H16ClN3O3S. The summed E-state index contributed by atoms with van der Waals surface area (Å²) in [6, 6.07) is 9.06. The fraction of sp³-hybridized carbons (Fsp3) is 0.333. The monoisotopic (exact) mass is 353 g/mol. The zero-order chi connectivity index (χ0) is 16.4. The molecule has 23 heavy (non-hydrogen) atoms. The molecule has 1 amide bonds. The highest BCUT2D eigenvalue weighted by molar-refractivity contribution is 7.91. The number of aromatic nitrogens is 2. The average Bonchev–Trinajstić information content (AvgIpc) is 3.08. The predicted molar refractivity (Wildman–Crippen MR) is 88.2 cm³/mol. The number of rotatable bonds is 4. The van der Waals surface area contributed by atoms with Crippen molar-refractivity contribution < 1.29 is 13.2 Å². The molecule has 0 spiro atoms. The van der Waals surface area contributed by atoms with Gasteiger partial charge >= 0.3 is 0 Å². The molecule has 2 heterocycles. The average molecular weight is 354 g/mol. The van der Waals surface area contributed by atoms with Crippen LogP contribution in [-0.2, 0) is 21.2 Å². The number of hydrogen-bond donors (Lipinski definition) is 1. The van der Waals surface area contributed by atoms with Crippen LogP contribution in [0.4, 0.5) is 5.82 Å². The number of benzene rings is 1. The smallest absolute Gasteiger partial charge is 0.229 e. The number of anilines is 1. The Hall–Kier alpha value is -1.86. The van der Waals surface area contributed by atoms with Crippen LogP contribution in [0.1, 0.15) is 12.0 Å². The third kappa shape index (κ3) is 3.92. The van der Waals surface area contributed by atoms with Crippen molar-refractivity contribution in [2.45, 2.75) is 13.0 Å². The maximum atomic E-state index is 12.2. The van der Waals surface area contributed by atoms with E-state index in [2.05, 4.69) is 10.4 Å². The summed E-state index contributed by atoms with van der Waals surface area (Å²) in [6.45, 7) is 0.489. The van der Waals surface area contributed by atoms with E-state index in [-0.39, 0.29) is 17.4 Å². The minimum absolute atomic E-state index is 0.0785. The minimum atomic E-state index is -3.08. The second-order valence-electron chi connectivity index (χ2n) is 5.59. The van der Waals surface area contributed by atoms with Gasteiger partial charge in [-0.3, -0.25) is 4.79 Å². The summed E-state index contributed by atoms with van der Waals surface area (Å²) in [5, 5.41) is 7.62. The van der Waals surface area contributed by atoms with Gasteiger partial charge in [-0.25, -0.2) is 13.1 Å². The Balaban J connectivity index is 1.69. The van der Waals surface area contributed by atoms with Crippen molar-refractivity contribution in [2.24, 2.45) is 5.92 Å². The third-order valence-corrected chi connectivity index (χ3v) is 5.84. The van der Waals surface area contributed by atoms with E-state index in [1.54, 1.807) is 29.1 Å². The highest BCUT2D eigenvalue weighted by Gasteiger charge is 2.33. The van der Waals surface area contributed by atoms with Gasteiger partial charge in [0.05, 0.1) is 30.2 Å². The zero-order valence-corrected chi connectivity index (χ0v) is 13.8. The lowest BCUT2D eigenvalue weighted by Gasteiger charge is -2.12. The number of halogens is 1. The van der Waals surface area contributed by atoms with Crippen LogP contribution in [-0.4, -0.2) is 35.6 Å². The van der Waals surface area contributed by atoms with Gasteiger partial charge < -0.3 is 5.32 Å². The quantitative estimate of drug-likeness (QED) is 0.911. The van der Waals surface area contributed by atoms with Gasteiger partial charge in [0, 0.05) is 11.1 Å². The summed E-state index contributed by atoms with van der Waals surface area (Å²) in [4.78, 5) is 12.2. The highest BCUT2D eigenvalue weighted by atomic mass is 35.5. The number of amides is 1. The number of hydrogen-bond acceptors (Lipinski definition) is 4. The molecule has 0 saturated carbocycles. The van der Waals surface area contributed by atoms with Crippen molar-refractivity contribution in [3.05, 3.63) is 47.1 Å². The van der Waals surface area contributed by atoms with E-state index in [0.717, 1.165) is 5.56 Å². The first-order valence-electron chi connectivity index (χ1n) is 7.20. The first-order chi connectivity index (χ1) is 10.9. The summed E-state index contributed by atoms with van der Waals surface area (Å²) in [6.07, 6.45) is 1.97. The van der Waals surface area contributed by atoms with Gasteiger partial charge in [0.1, 0.15) is 5.82 Å². The molecule has 0 bridgehead atoms. The van der Waals surface area contributed by atoms with E-state index in [0.29, 0.717) is 23.8 Å². The number of nitrogens with zero attached hydrogens (tertiary/aromatic N) is 2. The molecular weight excluding hydrogens is 338 g/mol. The number of sulfone groups is 1. The van der Waals surface area contributed by atoms with Crippen LogP contribution in [0.25, 0.3) is 0 Å². The fourth-order valence-electron chi connectivity index (χ4n) is 2.56. The molecule has 1 saturated heterocycles. The minimum Gasteiger partial charge on any atom is -0.311 e. The lowest BCUT2D eigenvalue weighted by atomic mass is 10.1. The molecule has 1 N–H and O–H groups in total. The van der Waals surface area contributed by atoms with Gasteiger partial charge in [-0.05, 0) is 24.1 Å². The molecule has 0 radical (unpaired) electrons. The molecule has 1 aromatic heterocycles.